The number of methoxy groups -OCH3 is 1. The van der Waals surface area contributed by atoms with Crippen molar-refractivity contribution >= 4 is 0 Å². The highest BCUT2D eigenvalue weighted by atomic mass is 16.5. The first-order valence-corrected chi connectivity index (χ1v) is 10.1. The first-order chi connectivity index (χ1) is 14.1. The fraction of sp³-hybridized carbons (Fsp3) is 0.435. The van der Waals surface area contributed by atoms with Crippen molar-refractivity contribution in [2.24, 2.45) is 5.41 Å². The minimum absolute atomic E-state index is 0.0378. The van der Waals surface area contributed by atoms with Crippen LogP contribution in [0.3, 0.4) is 0 Å². The number of hydrogen-bond acceptors (Lipinski definition) is 6. The molecule has 0 aliphatic heterocycles. The fourth-order valence-electron chi connectivity index (χ4n) is 3.26. The predicted molar refractivity (Wildman–Crippen MR) is 117 cm³/mol. The molecule has 0 spiro atoms. The van der Waals surface area contributed by atoms with Crippen LogP contribution in [0, 0.1) is 5.41 Å². The molecule has 0 radical (unpaired) electrons. The highest BCUT2D eigenvalue weighted by Gasteiger charge is 2.21. The van der Waals surface area contributed by atoms with Crippen LogP contribution >= 0.6 is 0 Å². The van der Waals surface area contributed by atoms with Gasteiger partial charge >= 0.3 is 0 Å². The molecule has 3 aromatic rings. The topological polar surface area (TPSA) is 93.3 Å². The summed E-state index contributed by atoms with van der Waals surface area (Å²) >= 11 is 0. The number of aromatic hydroxyl groups is 2. The summed E-state index contributed by atoms with van der Waals surface area (Å²) < 4.78 is 7.21. The van der Waals surface area contributed by atoms with Gasteiger partial charge in [-0.05, 0) is 51.9 Å². The van der Waals surface area contributed by atoms with Crippen LogP contribution in [-0.4, -0.2) is 37.5 Å². The SMILES string of the molecule is COc1ccc(C(C)C)cc1-c1cc(-c2nnnn2CCC(C)(C)C)c(O)cc1O. The number of aromatic nitrogens is 4. The molecule has 2 aromatic carbocycles. The summed E-state index contributed by atoms with van der Waals surface area (Å²) in [7, 11) is 1.60. The largest absolute Gasteiger partial charge is 0.507 e. The second-order valence-electron chi connectivity index (χ2n) is 9.04. The van der Waals surface area contributed by atoms with Gasteiger partial charge in [0, 0.05) is 23.7 Å². The van der Waals surface area contributed by atoms with E-state index in [9.17, 15) is 10.2 Å². The van der Waals surface area contributed by atoms with E-state index in [1.54, 1.807) is 17.9 Å². The van der Waals surface area contributed by atoms with E-state index in [-0.39, 0.29) is 16.9 Å². The van der Waals surface area contributed by atoms with E-state index in [0.29, 0.717) is 35.2 Å². The molecule has 1 heterocycles. The molecule has 0 aliphatic rings. The molecule has 0 fully saturated rings. The van der Waals surface area contributed by atoms with Crippen LogP contribution < -0.4 is 4.74 Å². The molecule has 0 saturated heterocycles. The summed E-state index contributed by atoms with van der Waals surface area (Å²) in [5.74, 6) is 1.29. The number of hydrogen-bond donors (Lipinski definition) is 2. The Hall–Kier alpha value is -3.09. The van der Waals surface area contributed by atoms with Gasteiger partial charge in [0.25, 0.3) is 0 Å². The fourth-order valence-corrected chi connectivity index (χ4v) is 3.26. The van der Waals surface area contributed by atoms with Crippen molar-refractivity contribution in [1.82, 2.24) is 20.2 Å². The summed E-state index contributed by atoms with van der Waals surface area (Å²) in [5, 5.41) is 33.2. The summed E-state index contributed by atoms with van der Waals surface area (Å²) in [6, 6.07) is 8.95. The number of phenolic OH excluding ortho intramolecular Hbond substituents is 2. The Morgan fingerprint density at radius 1 is 1.00 bits per heavy atom. The summed E-state index contributed by atoms with van der Waals surface area (Å²) in [6.45, 7) is 11.3. The minimum atomic E-state index is -0.0814. The lowest BCUT2D eigenvalue weighted by molar-refractivity contribution is 0.340. The molecule has 0 amide bonds. The molecule has 7 heteroatoms. The van der Waals surface area contributed by atoms with E-state index in [0.717, 1.165) is 17.5 Å². The Kier molecular flexibility index (Phi) is 6.01. The second-order valence-corrected chi connectivity index (χ2v) is 9.04. The van der Waals surface area contributed by atoms with E-state index in [1.807, 2.05) is 18.2 Å². The molecule has 2 N–H and O–H groups in total. The third-order valence-electron chi connectivity index (χ3n) is 5.14. The highest BCUT2D eigenvalue weighted by molar-refractivity contribution is 5.82. The zero-order chi connectivity index (χ0) is 22.1. The van der Waals surface area contributed by atoms with Crippen LogP contribution in [0.5, 0.6) is 17.2 Å². The Morgan fingerprint density at radius 3 is 2.33 bits per heavy atom. The zero-order valence-electron chi connectivity index (χ0n) is 18.5. The average Bonchev–Trinajstić information content (AvgIpc) is 3.14. The van der Waals surface area contributed by atoms with Gasteiger partial charge in [-0.1, -0.05) is 40.7 Å². The van der Waals surface area contributed by atoms with E-state index in [1.165, 1.54) is 6.07 Å². The molecule has 7 nitrogen and oxygen atoms in total. The van der Waals surface area contributed by atoms with Crippen LogP contribution in [0.4, 0.5) is 0 Å². The number of benzene rings is 2. The second kappa shape index (κ2) is 8.34. The first kappa shape index (κ1) is 21.6. The Bertz CT molecular complexity index is 1040. The number of nitrogens with zero attached hydrogens (tertiary/aromatic N) is 4. The van der Waals surface area contributed by atoms with Gasteiger partial charge in [-0.2, -0.15) is 0 Å². The van der Waals surface area contributed by atoms with Crippen LogP contribution in [0.1, 0.15) is 52.5 Å². The number of phenols is 2. The first-order valence-electron chi connectivity index (χ1n) is 10.1. The van der Waals surface area contributed by atoms with Crippen molar-refractivity contribution < 1.29 is 14.9 Å². The van der Waals surface area contributed by atoms with Gasteiger partial charge in [0.15, 0.2) is 5.82 Å². The molecule has 160 valence electrons. The Morgan fingerprint density at radius 2 is 1.70 bits per heavy atom. The number of rotatable bonds is 6. The van der Waals surface area contributed by atoms with Gasteiger partial charge in [-0.15, -0.1) is 5.10 Å². The lowest BCUT2D eigenvalue weighted by Crippen LogP contribution is -2.12. The maximum absolute atomic E-state index is 10.6. The quantitative estimate of drug-likeness (QED) is 0.595. The van der Waals surface area contributed by atoms with E-state index >= 15 is 0 Å². The number of tetrazole rings is 1. The molecule has 0 aliphatic carbocycles. The summed E-state index contributed by atoms with van der Waals surface area (Å²) in [4.78, 5) is 0. The van der Waals surface area contributed by atoms with Gasteiger partial charge in [-0.3, -0.25) is 0 Å². The van der Waals surface area contributed by atoms with Crippen molar-refractivity contribution in [3.05, 3.63) is 35.9 Å². The van der Waals surface area contributed by atoms with Gasteiger partial charge in [-0.25, -0.2) is 4.68 Å². The summed E-state index contributed by atoms with van der Waals surface area (Å²) in [5.41, 5.74) is 2.99. The van der Waals surface area contributed by atoms with Crippen LogP contribution in [0.25, 0.3) is 22.5 Å². The lowest BCUT2D eigenvalue weighted by Gasteiger charge is -2.18. The number of aryl methyl sites for hydroxylation is 1. The molecule has 30 heavy (non-hydrogen) atoms. The van der Waals surface area contributed by atoms with Crippen molar-refractivity contribution in [2.45, 2.75) is 53.5 Å². The Labute approximate surface area is 177 Å². The Balaban J connectivity index is 2.12. The van der Waals surface area contributed by atoms with Gasteiger partial charge in [0.05, 0.1) is 12.7 Å². The monoisotopic (exact) mass is 410 g/mol. The number of ether oxygens (including phenoxy) is 1. The molecule has 0 bridgehead atoms. The van der Waals surface area contributed by atoms with Gasteiger partial charge < -0.3 is 14.9 Å². The maximum Gasteiger partial charge on any atom is 0.185 e. The van der Waals surface area contributed by atoms with E-state index in [4.69, 9.17) is 4.74 Å². The van der Waals surface area contributed by atoms with E-state index < -0.39 is 0 Å². The molecule has 0 unspecified atom stereocenters. The van der Waals surface area contributed by atoms with Crippen molar-refractivity contribution in [3.63, 3.8) is 0 Å². The molecular weight excluding hydrogens is 380 g/mol. The third kappa shape index (κ3) is 4.56. The molecule has 1 aromatic heterocycles. The minimum Gasteiger partial charge on any atom is -0.507 e. The lowest BCUT2D eigenvalue weighted by atomic mass is 9.92. The zero-order valence-corrected chi connectivity index (χ0v) is 18.5. The highest BCUT2D eigenvalue weighted by Crippen LogP contribution is 2.43. The standard InChI is InChI=1S/C23H30N4O3/c1-14(2)15-7-8-21(30-6)17(11-15)16-12-18(20(29)13-19(16)28)22-24-25-26-27(22)10-9-23(3,4)5/h7-8,11-14,28-29H,9-10H2,1-6H3. The molecule has 0 atom stereocenters. The smallest absolute Gasteiger partial charge is 0.185 e. The maximum atomic E-state index is 10.6. The van der Waals surface area contributed by atoms with Gasteiger partial charge in [0.2, 0.25) is 0 Å². The van der Waals surface area contributed by atoms with E-state index in [2.05, 4.69) is 50.1 Å². The van der Waals surface area contributed by atoms with Crippen molar-refractivity contribution in [2.75, 3.05) is 7.11 Å². The van der Waals surface area contributed by atoms with Gasteiger partial charge in [0.1, 0.15) is 17.2 Å². The van der Waals surface area contributed by atoms with Crippen molar-refractivity contribution in [3.8, 4) is 39.8 Å². The predicted octanol–water partition coefficient (Wildman–Crippen LogP) is 4.99. The van der Waals surface area contributed by atoms with Crippen LogP contribution in [0.15, 0.2) is 30.3 Å². The van der Waals surface area contributed by atoms with Crippen molar-refractivity contribution in [1.29, 1.82) is 0 Å². The molecule has 0 saturated carbocycles. The molecule has 3 rings (SSSR count). The average molecular weight is 411 g/mol. The molecular formula is C23H30N4O3. The normalized spacial score (nSPS) is 11.8. The van der Waals surface area contributed by atoms with Crippen LogP contribution in [0.2, 0.25) is 0 Å². The summed E-state index contributed by atoms with van der Waals surface area (Å²) in [6.07, 6.45) is 0.876. The third-order valence-corrected chi connectivity index (χ3v) is 5.14. The van der Waals surface area contributed by atoms with Crippen LogP contribution in [-0.2, 0) is 6.54 Å².